The lowest BCUT2D eigenvalue weighted by atomic mass is 10.2. The van der Waals surface area contributed by atoms with Crippen molar-refractivity contribution < 1.29 is 5.11 Å². The molecule has 0 aliphatic heterocycles. The second-order valence-corrected chi connectivity index (χ2v) is 2.29. The number of rotatable bonds is 1. The number of hydrogen-bond donors (Lipinski definition) is 2. The van der Waals surface area contributed by atoms with Crippen LogP contribution in [0.5, 0.6) is 5.75 Å². The molecule has 0 spiro atoms. The molecule has 0 saturated carbocycles. The summed E-state index contributed by atoms with van der Waals surface area (Å²) in [7, 11) is 0. The number of hydrogen-bond acceptors (Lipinski definition) is 2. The van der Waals surface area contributed by atoms with Crippen LogP contribution in [0.25, 0.3) is 0 Å². The minimum atomic E-state index is 0.0583. The number of halogens is 1. The van der Waals surface area contributed by atoms with Crippen LogP contribution in [0.2, 0.25) is 5.02 Å². The van der Waals surface area contributed by atoms with Crippen LogP contribution < -0.4 is 5.73 Å². The van der Waals surface area contributed by atoms with Gasteiger partial charge in [-0.3, -0.25) is 0 Å². The Bertz CT molecular complexity index is 237. The van der Waals surface area contributed by atoms with E-state index in [1.807, 2.05) is 0 Å². The number of phenolic OH excluding ortho intramolecular Hbond substituents is 1. The highest BCUT2D eigenvalue weighted by atomic mass is 35.5. The van der Waals surface area contributed by atoms with Gasteiger partial charge in [0.1, 0.15) is 5.75 Å². The molecule has 1 aromatic rings. The number of benzene rings is 1. The van der Waals surface area contributed by atoms with E-state index >= 15 is 0 Å². The molecule has 0 heterocycles. The molecular formula is C7H7ClNO. The second-order valence-electron chi connectivity index (χ2n) is 1.88. The van der Waals surface area contributed by atoms with Crippen LogP contribution in [0.4, 0.5) is 0 Å². The summed E-state index contributed by atoms with van der Waals surface area (Å²) in [5, 5.41) is 9.46. The van der Waals surface area contributed by atoms with E-state index in [1.54, 1.807) is 6.07 Å². The van der Waals surface area contributed by atoms with Crippen molar-refractivity contribution in [3.05, 3.63) is 28.8 Å². The molecule has 0 bridgehead atoms. The molecular weight excluding hydrogens is 150 g/mol. The third-order valence-electron chi connectivity index (χ3n) is 1.22. The highest BCUT2D eigenvalue weighted by molar-refractivity contribution is 6.32. The van der Waals surface area contributed by atoms with Gasteiger partial charge in [0.15, 0.2) is 0 Å². The van der Waals surface area contributed by atoms with Crippen LogP contribution in [-0.2, 0) is 6.54 Å². The van der Waals surface area contributed by atoms with Gasteiger partial charge in [-0.25, -0.2) is 0 Å². The maximum Gasteiger partial charge on any atom is 0.138 e. The predicted molar refractivity (Wildman–Crippen MR) is 39.8 cm³/mol. The fourth-order valence-electron chi connectivity index (χ4n) is 0.661. The van der Waals surface area contributed by atoms with E-state index in [9.17, 15) is 0 Å². The third kappa shape index (κ3) is 1.23. The molecule has 0 amide bonds. The van der Waals surface area contributed by atoms with Gasteiger partial charge in [-0.05, 0) is 18.2 Å². The highest BCUT2D eigenvalue weighted by Gasteiger charge is 2.01. The summed E-state index contributed by atoms with van der Waals surface area (Å²) in [6, 6.07) is 5.86. The standard InChI is InChI=1S/C7H7ClNO/c8-6-3-1-2-5(4-9)7(6)10/h2-3,10H,4,9H2. The number of aromatic hydroxyl groups is 1. The van der Waals surface area contributed by atoms with Crippen molar-refractivity contribution in [1.82, 2.24) is 0 Å². The van der Waals surface area contributed by atoms with Gasteiger partial charge in [0.25, 0.3) is 0 Å². The molecule has 0 saturated heterocycles. The Morgan fingerprint density at radius 3 is 2.80 bits per heavy atom. The zero-order valence-electron chi connectivity index (χ0n) is 5.26. The fraction of sp³-hybridized carbons (Fsp3) is 0.143. The summed E-state index contributed by atoms with van der Waals surface area (Å²) in [6.45, 7) is 0.281. The van der Waals surface area contributed by atoms with Gasteiger partial charge in [-0.1, -0.05) is 11.6 Å². The molecule has 0 fully saturated rings. The Hall–Kier alpha value is -0.730. The fourth-order valence-corrected chi connectivity index (χ4v) is 0.845. The lowest BCUT2D eigenvalue weighted by Gasteiger charge is -2.00. The van der Waals surface area contributed by atoms with Gasteiger partial charge in [0.05, 0.1) is 5.02 Å². The molecule has 1 radical (unpaired) electrons. The van der Waals surface area contributed by atoms with Gasteiger partial charge >= 0.3 is 0 Å². The van der Waals surface area contributed by atoms with E-state index in [2.05, 4.69) is 6.07 Å². The second kappa shape index (κ2) is 2.90. The lowest BCUT2D eigenvalue weighted by molar-refractivity contribution is 0.468. The molecule has 0 aromatic heterocycles. The summed E-state index contributed by atoms with van der Waals surface area (Å²) in [4.78, 5) is 0. The van der Waals surface area contributed by atoms with Crippen molar-refractivity contribution in [2.45, 2.75) is 6.54 Å². The van der Waals surface area contributed by atoms with Crippen molar-refractivity contribution in [2.24, 2.45) is 5.73 Å². The van der Waals surface area contributed by atoms with Crippen LogP contribution >= 0.6 is 11.6 Å². The Kier molecular flexibility index (Phi) is 2.14. The largest absolute Gasteiger partial charge is 0.506 e. The summed E-state index contributed by atoms with van der Waals surface area (Å²) < 4.78 is 0. The first-order valence-corrected chi connectivity index (χ1v) is 3.21. The van der Waals surface area contributed by atoms with Crippen molar-refractivity contribution in [3.63, 3.8) is 0 Å². The Labute approximate surface area is 64.2 Å². The molecule has 1 aromatic carbocycles. The van der Waals surface area contributed by atoms with Crippen LogP contribution in [-0.4, -0.2) is 5.11 Å². The first-order valence-electron chi connectivity index (χ1n) is 2.83. The average Bonchev–Trinajstić information content (AvgIpc) is 1.95. The number of phenols is 1. The monoisotopic (exact) mass is 156 g/mol. The van der Waals surface area contributed by atoms with Crippen molar-refractivity contribution in [2.75, 3.05) is 0 Å². The molecule has 2 nitrogen and oxygen atoms in total. The normalized spacial score (nSPS) is 9.80. The van der Waals surface area contributed by atoms with Crippen LogP contribution in [0.1, 0.15) is 5.56 Å². The molecule has 3 N–H and O–H groups in total. The zero-order chi connectivity index (χ0) is 7.56. The molecule has 1 rings (SSSR count). The highest BCUT2D eigenvalue weighted by Crippen LogP contribution is 2.25. The smallest absolute Gasteiger partial charge is 0.138 e. The topological polar surface area (TPSA) is 46.2 Å². The summed E-state index contributed by atoms with van der Waals surface area (Å²) >= 11 is 5.56. The average molecular weight is 157 g/mol. The Morgan fingerprint density at radius 1 is 1.60 bits per heavy atom. The van der Waals surface area contributed by atoms with Crippen LogP contribution in [0.3, 0.4) is 0 Å². The van der Waals surface area contributed by atoms with E-state index in [1.165, 1.54) is 6.07 Å². The van der Waals surface area contributed by atoms with Gasteiger partial charge < -0.3 is 10.8 Å². The van der Waals surface area contributed by atoms with Crippen molar-refractivity contribution in [3.8, 4) is 5.75 Å². The van der Waals surface area contributed by atoms with E-state index < -0.39 is 0 Å². The molecule has 0 unspecified atom stereocenters. The lowest BCUT2D eigenvalue weighted by Crippen LogP contribution is -1.96. The number of nitrogens with two attached hydrogens (primary N) is 1. The SMILES string of the molecule is NCc1c[c]cc(Cl)c1O. The van der Waals surface area contributed by atoms with Gasteiger partial charge in [-0.15, -0.1) is 0 Å². The summed E-state index contributed by atoms with van der Waals surface area (Å²) in [5.74, 6) is 0.0583. The maximum absolute atomic E-state index is 9.17. The minimum absolute atomic E-state index is 0.0583. The van der Waals surface area contributed by atoms with E-state index in [4.69, 9.17) is 22.4 Å². The molecule has 0 atom stereocenters. The van der Waals surface area contributed by atoms with Crippen molar-refractivity contribution >= 4 is 11.6 Å². The van der Waals surface area contributed by atoms with Gasteiger partial charge in [-0.2, -0.15) is 0 Å². The molecule has 0 aliphatic rings. The Balaban J connectivity index is 3.14. The van der Waals surface area contributed by atoms with Crippen molar-refractivity contribution in [1.29, 1.82) is 0 Å². The predicted octanol–water partition coefficient (Wildman–Crippen LogP) is 1.30. The summed E-state index contributed by atoms with van der Waals surface area (Å²) in [6.07, 6.45) is 0. The molecule has 10 heavy (non-hydrogen) atoms. The third-order valence-corrected chi connectivity index (χ3v) is 1.51. The van der Waals surface area contributed by atoms with Crippen LogP contribution in [0.15, 0.2) is 12.1 Å². The summed E-state index contributed by atoms with van der Waals surface area (Å²) in [5.41, 5.74) is 5.90. The molecule has 3 heteroatoms. The first-order chi connectivity index (χ1) is 4.75. The van der Waals surface area contributed by atoms with Gasteiger partial charge in [0.2, 0.25) is 0 Å². The van der Waals surface area contributed by atoms with Crippen LogP contribution in [0, 0.1) is 6.07 Å². The molecule has 53 valence electrons. The quantitative estimate of drug-likeness (QED) is 0.644. The molecule has 0 aliphatic carbocycles. The zero-order valence-corrected chi connectivity index (χ0v) is 6.02. The van der Waals surface area contributed by atoms with Gasteiger partial charge in [0, 0.05) is 12.1 Å². The Morgan fingerprint density at radius 2 is 2.30 bits per heavy atom. The first kappa shape index (κ1) is 7.38. The maximum atomic E-state index is 9.17. The minimum Gasteiger partial charge on any atom is -0.506 e. The van der Waals surface area contributed by atoms with E-state index in [0.29, 0.717) is 10.6 Å². The van der Waals surface area contributed by atoms with E-state index in [0.717, 1.165) is 0 Å². The van der Waals surface area contributed by atoms with E-state index in [-0.39, 0.29) is 12.3 Å².